The molecular formula is C23H25FN4O2. The van der Waals surface area contributed by atoms with Crippen molar-refractivity contribution in [3.05, 3.63) is 83.8 Å². The van der Waals surface area contributed by atoms with Crippen LogP contribution in [-0.4, -0.2) is 42.0 Å². The summed E-state index contributed by atoms with van der Waals surface area (Å²) in [6.07, 6.45) is 1.41. The monoisotopic (exact) mass is 408 g/mol. The first-order valence-electron chi connectivity index (χ1n) is 10.1. The number of hydrogen-bond donors (Lipinski definition) is 1. The van der Waals surface area contributed by atoms with E-state index in [9.17, 15) is 9.18 Å². The zero-order valence-corrected chi connectivity index (χ0v) is 16.9. The lowest BCUT2D eigenvalue weighted by molar-refractivity contribution is 0.0934. The second-order valence-electron chi connectivity index (χ2n) is 7.47. The fourth-order valence-electron chi connectivity index (χ4n) is 3.59. The smallest absolute Gasteiger partial charge is 0.273 e. The summed E-state index contributed by atoms with van der Waals surface area (Å²) in [4.78, 5) is 21.3. The Morgan fingerprint density at radius 3 is 2.50 bits per heavy atom. The summed E-state index contributed by atoms with van der Waals surface area (Å²) in [5.74, 6) is 0.0597. The standard InChI is InChI=1S/C23H25FN4O2/c1-17(18-5-3-2-4-6-18)25-23(29)21-16-30-22(26-21)15-27-11-13-28(14-12-27)20-9-7-19(24)8-10-20/h2-10,16-17H,11-15H2,1H3,(H,25,29). The van der Waals surface area contributed by atoms with E-state index in [-0.39, 0.29) is 23.5 Å². The summed E-state index contributed by atoms with van der Waals surface area (Å²) in [6.45, 7) is 5.86. The van der Waals surface area contributed by atoms with Gasteiger partial charge in [-0.1, -0.05) is 30.3 Å². The second kappa shape index (κ2) is 9.09. The number of oxazole rings is 1. The number of piperazine rings is 1. The fraction of sp³-hybridized carbons (Fsp3) is 0.304. The van der Waals surface area contributed by atoms with Gasteiger partial charge in [-0.05, 0) is 36.8 Å². The molecule has 4 rings (SSSR count). The number of nitrogens with one attached hydrogen (secondary N) is 1. The minimum Gasteiger partial charge on any atom is -0.447 e. The van der Waals surface area contributed by atoms with Crippen molar-refractivity contribution >= 4 is 11.6 Å². The fourth-order valence-corrected chi connectivity index (χ4v) is 3.59. The van der Waals surface area contributed by atoms with Gasteiger partial charge >= 0.3 is 0 Å². The van der Waals surface area contributed by atoms with Gasteiger partial charge in [0.15, 0.2) is 5.69 Å². The number of carbonyl (C=O) groups excluding carboxylic acids is 1. The maximum atomic E-state index is 13.1. The van der Waals surface area contributed by atoms with Crippen molar-refractivity contribution in [3.63, 3.8) is 0 Å². The van der Waals surface area contributed by atoms with Gasteiger partial charge < -0.3 is 14.6 Å². The van der Waals surface area contributed by atoms with Crippen LogP contribution in [0.1, 0.15) is 34.9 Å². The summed E-state index contributed by atoms with van der Waals surface area (Å²) in [6, 6.07) is 16.3. The quantitative estimate of drug-likeness (QED) is 0.675. The minimum absolute atomic E-state index is 0.113. The third-order valence-corrected chi connectivity index (χ3v) is 5.35. The van der Waals surface area contributed by atoms with Gasteiger partial charge in [0, 0.05) is 31.9 Å². The average molecular weight is 408 g/mol. The van der Waals surface area contributed by atoms with E-state index in [4.69, 9.17) is 4.42 Å². The van der Waals surface area contributed by atoms with E-state index in [0.717, 1.165) is 37.4 Å². The van der Waals surface area contributed by atoms with Crippen molar-refractivity contribution < 1.29 is 13.6 Å². The molecule has 1 fully saturated rings. The van der Waals surface area contributed by atoms with Crippen molar-refractivity contribution in [1.82, 2.24) is 15.2 Å². The largest absolute Gasteiger partial charge is 0.447 e. The molecule has 1 N–H and O–H groups in total. The molecule has 0 aliphatic carbocycles. The zero-order valence-electron chi connectivity index (χ0n) is 16.9. The van der Waals surface area contributed by atoms with Crippen LogP contribution >= 0.6 is 0 Å². The van der Waals surface area contributed by atoms with Crippen LogP contribution in [0.25, 0.3) is 0 Å². The maximum absolute atomic E-state index is 13.1. The van der Waals surface area contributed by atoms with Gasteiger partial charge in [-0.15, -0.1) is 0 Å². The predicted octanol–water partition coefficient (Wildman–Crippen LogP) is 3.63. The molecule has 1 aromatic heterocycles. The van der Waals surface area contributed by atoms with Gasteiger partial charge in [0.25, 0.3) is 5.91 Å². The Balaban J connectivity index is 1.28. The minimum atomic E-state index is -0.248. The van der Waals surface area contributed by atoms with Gasteiger partial charge in [-0.25, -0.2) is 9.37 Å². The first kappa shape index (κ1) is 20.1. The second-order valence-corrected chi connectivity index (χ2v) is 7.47. The van der Waals surface area contributed by atoms with Crippen LogP contribution in [0.2, 0.25) is 0 Å². The van der Waals surface area contributed by atoms with E-state index in [1.807, 2.05) is 37.3 Å². The molecular weight excluding hydrogens is 383 g/mol. The molecule has 6 nitrogen and oxygen atoms in total. The van der Waals surface area contributed by atoms with Crippen molar-refractivity contribution in [3.8, 4) is 0 Å². The highest BCUT2D eigenvalue weighted by molar-refractivity contribution is 5.92. The maximum Gasteiger partial charge on any atom is 0.273 e. The lowest BCUT2D eigenvalue weighted by Crippen LogP contribution is -2.46. The van der Waals surface area contributed by atoms with Crippen molar-refractivity contribution in [2.75, 3.05) is 31.1 Å². The molecule has 7 heteroatoms. The molecule has 156 valence electrons. The van der Waals surface area contributed by atoms with Gasteiger partial charge in [0.1, 0.15) is 12.1 Å². The van der Waals surface area contributed by atoms with Crippen LogP contribution < -0.4 is 10.2 Å². The van der Waals surface area contributed by atoms with Crippen molar-refractivity contribution in [2.24, 2.45) is 0 Å². The average Bonchev–Trinajstić information content (AvgIpc) is 3.24. The number of aromatic nitrogens is 1. The van der Waals surface area contributed by atoms with Gasteiger partial charge in [0.2, 0.25) is 5.89 Å². The molecule has 3 aromatic rings. The van der Waals surface area contributed by atoms with Crippen LogP contribution in [-0.2, 0) is 6.54 Å². The molecule has 2 aromatic carbocycles. The highest BCUT2D eigenvalue weighted by Gasteiger charge is 2.21. The SMILES string of the molecule is CC(NC(=O)c1coc(CN2CCN(c3ccc(F)cc3)CC2)n1)c1ccccc1. The molecule has 1 saturated heterocycles. The molecule has 0 bridgehead atoms. The number of benzene rings is 2. The van der Waals surface area contributed by atoms with Gasteiger partial charge in [-0.2, -0.15) is 0 Å². The Morgan fingerprint density at radius 1 is 1.10 bits per heavy atom. The molecule has 1 aliphatic rings. The van der Waals surface area contributed by atoms with Crippen molar-refractivity contribution in [1.29, 1.82) is 0 Å². The number of hydrogen-bond acceptors (Lipinski definition) is 5. The Bertz CT molecular complexity index is 966. The van der Waals surface area contributed by atoms with Crippen LogP contribution in [0, 0.1) is 5.82 Å². The summed E-state index contributed by atoms with van der Waals surface area (Å²) >= 11 is 0. The molecule has 0 radical (unpaired) electrons. The predicted molar refractivity (Wildman–Crippen MR) is 113 cm³/mol. The van der Waals surface area contributed by atoms with Crippen LogP contribution in [0.4, 0.5) is 10.1 Å². The highest BCUT2D eigenvalue weighted by atomic mass is 19.1. The number of nitrogens with zero attached hydrogens (tertiary/aromatic N) is 3. The van der Waals surface area contributed by atoms with Gasteiger partial charge in [-0.3, -0.25) is 9.69 Å². The molecule has 1 unspecified atom stereocenters. The van der Waals surface area contributed by atoms with Crippen LogP contribution in [0.5, 0.6) is 0 Å². The number of amides is 1. The Hall–Kier alpha value is -3.19. The normalized spacial score (nSPS) is 15.7. The zero-order chi connectivity index (χ0) is 20.9. The van der Waals surface area contributed by atoms with E-state index in [0.29, 0.717) is 12.4 Å². The molecule has 1 atom stereocenters. The molecule has 0 saturated carbocycles. The van der Waals surface area contributed by atoms with E-state index >= 15 is 0 Å². The third kappa shape index (κ3) is 4.86. The molecule has 1 aliphatic heterocycles. The van der Waals surface area contributed by atoms with E-state index < -0.39 is 0 Å². The van der Waals surface area contributed by atoms with E-state index in [1.165, 1.54) is 18.4 Å². The lowest BCUT2D eigenvalue weighted by atomic mass is 10.1. The Labute approximate surface area is 175 Å². The molecule has 1 amide bonds. The highest BCUT2D eigenvalue weighted by Crippen LogP contribution is 2.18. The van der Waals surface area contributed by atoms with Crippen LogP contribution in [0.15, 0.2) is 65.3 Å². The van der Waals surface area contributed by atoms with Crippen LogP contribution in [0.3, 0.4) is 0 Å². The molecule has 2 heterocycles. The number of anilines is 1. The van der Waals surface area contributed by atoms with Gasteiger partial charge in [0.05, 0.1) is 12.6 Å². The topological polar surface area (TPSA) is 61.6 Å². The Morgan fingerprint density at radius 2 is 1.80 bits per heavy atom. The van der Waals surface area contributed by atoms with E-state index in [2.05, 4.69) is 20.1 Å². The Kier molecular flexibility index (Phi) is 6.09. The van der Waals surface area contributed by atoms with Crippen molar-refractivity contribution in [2.45, 2.75) is 19.5 Å². The number of halogens is 1. The number of carbonyl (C=O) groups is 1. The first-order chi connectivity index (χ1) is 14.6. The summed E-state index contributed by atoms with van der Waals surface area (Å²) in [5.41, 5.74) is 2.35. The summed E-state index contributed by atoms with van der Waals surface area (Å²) < 4.78 is 18.6. The first-order valence-corrected chi connectivity index (χ1v) is 10.1. The lowest BCUT2D eigenvalue weighted by Gasteiger charge is -2.35. The summed E-state index contributed by atoms with van der Waals surface area (Å²) in [7, 11) is 0. The number of rotatable bonds is 6. The summed E-state index contributed by atoms with van der Waals surface area (Å²) in [5, 5.41) is 2.95. The molecule has 0 spiro atoms. The van der Waals surface area contributed by atoms with E-state index in [1.54, 1.807) is 12.1 Å². The third-order valence-electron chi connectivity index (χ3n) is 5.35. The molecule has 30 heavy (non-hydrogen) atoms.